The van der Waals surface area contributed by atoms with Gasteiger partial charge >= 0.3 is 5.69 Å². The standard InChI is InChI=1S/C17H19N3O2/c21-20(22)16-7-4-10-18-17(16)19-11-8-15(9-12-19)13-14-5-2-1-3-6-14/h1-7,10,15H,8-9,11-13H2. The summed E-state index contributed by atoms with van der Waals surface area (Å²) >= 11 is 0. The molecule has 5 heteroatoms. The van der Waals surface area contributed by atoms with E-state index in [-0.39, 0.29) is 10.6 Å². The Morgan fingerprint density at radius 1 is 1.14 bits per heavy atom. The van der Waals surface area contributed by atoms with Crippen LogP contribution >= 0.6 is 0 Å². The largest absolute Gasteiger partial charge is 0.351 e. The molecule has 1 aliphatic rings. The van der Waals surface area contributed by atoms with Crippen LogP contribution in [-0.2, 0) is 6.42 Å². The molecule has 1 saturated heterocycles. The minimum absolute atomic E-state index is 0.101. The van der Waals surface area contributed by atoms with Crippen LogP contribution < -0.4 is 4.90 Å². The second kappa shape index (κ2) is 6.56. The molecule has 0 aliphatic carbocycles. The van der Waals surface area contributed by atoms with Crippen molar-refractivity contribution in [3.8, 4) is 0 Å². The first-order valence-electron chi connectivity index (χ1n) is 7.62. The third-order valence-corrected chi connectivity index (χ3v) is 4.24. The minimum atomic E-state index is -0.349. The van der Waals surface area contributed by atoms with Crippen LogP contribution in [0.2, 0.25) is 0 Å². The predicted molar refractivity (Wildman–Crippen MR) is 86.0 cm³/mol. The van der Waals surface area contributed by atoms with Crippen molar-refractivity contribution in [1.29, 1.82) is 0 Å². The smallest absolute Gasteiger partial charge is 0.311 e. The van der Waals surface area contributed by atoms with Crippen LogP contribution in [0.15, 0.2) is 48.7 Å². The van der Waals surface area contributed by atoms with Crippen LogP contribution in [-0.4, -0.2) is 23.0 Å². The van der Waals surface area contributed by atoms with E-state index in [2.05, 4.69) is 29.2 Å². The zero-order valence-electron chi connectivity index (χ0n) is 12.4. The topological polar surface area (TPSA) is 59.3 Å². The molecule has 2 heterocycles. The highest BCUT2D eigenvalue weighted by molar-refractivity contribution is 5.57. The number of rotatable bonds is 4. The van der Waals surface area contributed by atoms with E-state index < -0.39 is 0 Å². The summed E-state index contributed by atoms with van der Waals surface area (Å²) in [5.74, 6) is 1.15. The number of anilines is 1. The SMILES string of the molecule is O=[N+]([O-])c1cccnc1N1CCC(Cc2ccccc2)CC1. The van der Waals surface area contributed by atoms with E-state index in [9.17, 15) is 10.1 Å². The Kier molecular flexibility index (Phi) is 4.32. The lowest BCUT2D eigenvalue weighted by atomic mass is 9.90. The van der Waals surface area contributed by atoms with Gasteiger partial charge in [0.15, 0.2) is 0 Å². The molecule has 5 nitrogen and oxygen atoms in total. The molecule has 0 amide bonds. The Morgan fingerprint density at radius 2 is 1.86 bits per heavy atom. The summed E-state index contributed by atoms with van der Waals surface area (Å²) in [6.45, 7) is 1.66. The van der Waals surface area contributed by atoms with Gasteiger partial charge < -0.3 is 4.90 Å². The lowest BCUT2D eigenvalue weighted by Crippen LogP contribution is -2.35. The van der Waals surface area contributed by atoms with Crippen LogP contribution in [0.4, 0.5) is 11.5 Å². The second-order valence-corrected chi connectivity index (χ2v) is 5.72. The molecule has 0 N–H and O–H groups in total. The normalized spacial score (nSPS) is 15.7. The quantitative estimate of drug-likeness (QED) is 0.640. The molecule has 0 unspecified atom stereocenters. The van der Waals surface area contributed by atoms with Crippen LogP contribution in [0.5, 0.6) is 0 Å². The van der Waals surface area contributed by atoms with Gasteiger partial charge in [0, 0.05) is 25.4 Å². The Labute approximate surface area is 129 Å². The summed E-state index contributed by atoms with van der Waals surface area (Å²) in [5, 5.41) is 11.1. The molecule has 0 saturated carbocycles. The maximum absolute atomic E-state index is 11.1. The summed E-state index contributed by atoms with van der Waals surface area (Å²) in [5.41, 5.74) is 1.47. The van der Waals surface area contributed by atoms with Crippen LogP contribution in [0.3, 0.4) is 0 Å². The molecule has 0 bridgehead atoms. The number of nitro groups is 1. The maximum Gasteiger partial charge on any atom is 0.311 e. The first-order chi connectivity index (χ1) is 10.7. The van der Waals surface area contributed by atoms with Gasteiger partial charge in [0.25, 0.3) is 0 Å². The fourth-order valence-electron chi connectivity index (χ4n) is 3.07. The molecule has 1 aliphatic heterocycles. The molecule has 114 valence electrons. The van der Waals surface area contributed by atoms with Gasteiger partial charge in [0.05, 0.1) is 4.92 Å². The van der Waals surface area contributed by atoms with Crippen molar-refractivity contribution >= 4 is 11.5 Å². The average molecular weight is 297 g/mol. The highest BCUT2D eigenvalue weighted by atomic mass is 16.6. The molecule has 0 spiro atoms. The number of hydrogen-bond acceptors (Lipinski definition) is 4. The fourth-order valence-corrected chi connectivity index (χ4v) is 3.07. The van der Waals surface area contributed by atoms with E-state index in [1.54, 1.807) is 12.3 Å². The van der Waals surface area contributed by atoms with Gasteiger partial charge in [0.2, 0.25) is 5.82 Å². The lowest BCUT2D eigenvalue weighted by Gasteiger charge is -2.32. The average Bonchev–Trinajstić information content (AvgIpc) is 2.56. The van der Waals surface area contributed by atoms with Gasteiger partial charge in [-0.2, -0.15) is 0 Å². The fraction of sp³-hybridized carbons (Fsp3) is 0.353. The summed E-state index contributed by atoms with van der Waals surface area (Å²) < 4.78 is 0. The predicted octanol–water partition coefficient (Wildman–Crippen LogP) is 3.45. The van der Waals surface area contributed by atoms with E-state index in [4.69, 9.17) is 0 Å². The highest BCUT2D eigenvalue weighted by Gasteiger charge is 2.25. The van der Waals surface area contributed by atoms with Crippen molar-refractivity contribution < 1.29 is 4.92 Å². The van der Waals surface area contributed by atoms with E-state index in [0.29, 0.717) is 11.7 Å². The molecule has 3 rings (SSSR count). The van der Waals surface area contributed by atoms with E-state index in [0.717, 1.165) is 32.4 Å². The molecule has 0 radical (unpaired) electrons. The Morgan fingerprint density at radius 3 is 2.55 bits per heavy atom. The number of aromatic nitrogens is 1. The molecule has 1 aromatic carbocycles. The lowest BCUT2D eigenvalue weighted by molar-refractivity contribution is -0.384. The van der Waals surface area contributed by atoms with Gasteiger partial charge in [-0.25, -0.2) is 4.98 Å². The minimum Gasteiger partial charge on any atom is -0.351 e. The monoisotopic (exact) mass is 297 g/mol. The third kappa shape index (κ3) is 3.24. The molecule has 1 aromatic heterocycles. The number of pyridine rings is 1. The van der Waals surface area contributed by atoms with E-state index >= 15 is 0 Å². The zero-order valence-corrected chi connectivity index (χ0v) is 12.4. The molecule has 1 fully saturated rings. The van der Waals surface area contributed by atoms with Crippen molar-refractivity contribution in [2.45, 2.75) is 19.3 Å². The van der Waals surface area contributed by atoms with E-state index in [1.807, 2.05) is 11.0 Å². The molecular formula is C17H19N3O2. The van der Waals surface area contributed by atoms with Crippen LogP contribution in [0.25, 0.3) is 0 Å². The van der Waals surface area contributed by atoms with Crippen molar-refractivity contribution in [2.75, 3.05) is 18.0 Å². The summed E-state index contributed by atoms with van der Waals surface area (Å²) in [6.07, 6.45) is 4.79. The molecule has 0 atom stereocenters. The highest BCUT2D eigenvalue weighted by Crippen LogP contribution is 2.30. The van der Waals surface area contributed by atoms with Crippen molar-refractivity contribution in [3.05, 3.63) is 64.3 Å². The summed E-state index contributed by atoms with van der Waals surface area (Å²) in [6, 6.07) is 13.6. The number of hydrogen-bond donors (Lipinski definition) is 0. The van der Waals surface area contributed by atoms with Gasteiger partial charge in [-0.3, -0.25) is 10.1 Å². The Hall–Kier alpha value is -2.43. The Balaban J connectivity index is 1.64. The Bertz CT molecular complexity index is 637. The second-order valence-electron chi connectivity index (χ2n) is 5.72. The van der Waals surface area contributed by atoms with Crippen molar-refractivity contribution in [2.24, 2.45) is 5.92 Å². The first-order valence-corrected chi connectivity index (χ1v) is 7.62. The van der Waals surface area contributed by atoms with Crippen molar-refractivity contribution in [3.63, 3.8) is 0 Å². The van der Waals surface area contributed by atoms with Gasteiger partial charge in [-0.15, -0.1) is 0 Å². The van der Waals surface area contributed by atoms with Gasteiger partial charge in [0.1, 0.15) is 0 Å². The zero-order chi connectivity index (χ0) is 15.4. The number of piperidine rings is 1. The van der Waals surface area contributed by atoms with Gasteiger partial charge in [-0.1, -0.05) is 30.3 Å². The van der Waals surface area contributed by atoms with Crippen LogP contribution in [0.1, 0.15) is 18.4 Å². The molecule has 2 aromatic rings. The maximum atomic E-state index is 11.1. The van der Waals surface area contributed by atoms with Gasteiger partial charge in [-0.05, 0) is 36.8 Å². The number of nitrogens with zero attached hydrogens (tertiary/aromatic N) is 3. The van der Waals surface area contributed by atoms with Crippen molar-refractivity contribution in [1.82, 2.24) is 4.98 Å². The van der Waals surface area contributed by atoms with E-state index in [1.165, 1.54) is 11.6 Å². The summed E-state index contributed by atoms with van der Waals surface area (Å²) in [4.78, 5) is 17.0. The number of benzene rings is 1. The third-order valence-electron chi connectivity index (χ3n) is 4.24. The molecule has 22 heavy (non-hydrogen) atoms. The first kappa shape index (κ1) is 14.5. The van der Waals surface area contributed by atoms with Crippen LogP contribution in [0, 0.1) is 16.0 Å². The summed E-state index contributed by atoms with van der Waals surface area (Å²) in [7, 11) is 0. The molecular weight excluding hydrogens is 278 g/mol.